The maximum atomic E-state index is 12.2. The van der Waals surface area contributed by atoms with Crippen LogP contribution in [0.1, 0.15) is 31.7 Å². The second-order valence-electron chi connectivity index (χ2n) is 5.08. The Hall–Kier alpha value is -1.51. The van der Waals surface area contributed by atoms with E-state index in [9.17, 15) is 9.90 Å². The summed E-state index contributed by atoms with van der Waals surface area (Å²) in [4.78, 5) is 14.1. The quantitative estimate of drug-likeness (QED) is 0.868. The van der Waals surface area contributed by atoms with Crippen molar-refractivity contribution in [3.63, 3.8) is 0 Å². The molecule has 0 radical (unpaired) electrons. The van der Waals surface area contributed by atoms with Gasteiger partial charge >= 0.3 is 0 Å². The maximum absolute atomic E-state index is 12.2. The summed E-state index contributed by atoms with van der Waals surface area (Å²) in [7, 11) is 0. The van der Waals surface area contributed by atoms with E-state index in [1.54, 1.807) is 18.2 Å². The van der Waals surface area contributed by atoms with Crippen molar-refractivity contribution in [3.05, 3.63) is 29.8 Å². The van der Waals surface area contributed by atoms with E-state index in [0.29, 0.717) is 12.3 Å². The number of amides is 1. The van der Waals surface area contributed by atoms with Gasteiger partial charge in [-0.2, -0.15) is 0 Å². The molecule has 0 bridgehead atoms. The van der Waals surface area contributed by atoms with Crippen LogP contribution in [-0.4, -0.2) is 29.0 Å². The Morgan fingerprint density at radius 2 is 2.22 bits per heavy atom. The summed E-state index contributed by atoms with van der Waals surface area (Å²) in [5.74, 6) is 1.09. The Bertz CT molecular complexity index is 413. The third kappa shape index (κ3) is 3.25. The Morgan fingerprint density at radius 3 is 2.78 bits per heavy atom. The Kier molecular flexibility index (Phi) is 4.24. The topological polar surface area (TPSA) is 40.5 Å². The molecular weight excluding hydrogens is 226 g/mol. The van der Waals surface area contributed by atoms with Gasteiger partial charge in [0.05, 0.1) is 6.42 Å². The van der Waals surface area contributed by atoms with Crippen LogP contribution in [0.2, 0.25) is 0 Å². The minimum Gasteiger partial charge on any atom is -0.508 e. The zero-order chi connectivity index (χ0) is 13.0. The number of likely N-dealkylation sites (N-methyl/N-ethyl adjacent to an activating group) is 1. The lowest BCUT2D eigenvalue weighted by molar-refractivity contribution is -0.131. The van der Waals surface area contributed by atoms with Crippen LogP contribution in [-0.2, 0) is 11.2 Å². The highest BCUT2D eigenvalue weighted by atomic mass is 16.3. The first-order valence-corrected chi connectivity index (χ1v) is 6.74. The molecule has 3 heteroatoms. The molecule has 0 heterocycles. The monoisotopic (exact) mass is 247 g/mol. The standard InChI is InChI=1S/C15H21NO2/c1-2-16(11-12-5-3-6-12)15(18)10-13-7-4-8-14(17)9-13/h4,7-9,12,17H,2-3,5-6,10-11H2,1H3. The second kappa shape index (κ2) is 5.89. The first-order chi connectivity index (χ1) is 8.69. The minimum absolute atomic E-state index is 0.162. The lowest BCUT2D eigenvalue weighted by Gasteiger charge is -2.31. The molecule has 98 valence electrons. The first kappa shape index (κ1) is 12.9. The summed E-state index contributed by atoms with van der Waals surface area (Å²) in [6.45, 7) is 3.70. The number of nitrogens with zero attached hydrogens (tertiary/aromatic N) is 1. The highest BCUT2D eigenvalue weighted by Crippen LogP contribution is 2.27. The van der Waals surface area contributed by atoms with E-state index in [0.717, 1.165) is 18.7 Å². The second-order valence-corrected chi connectivity index (χ2v) is 5.08. The van der Waals surface area contributed by atoms with E-state index in [-0.39, 0.29) is 11.7 Å². The van der Waals surface area contributed by atoms with Crippen molar-refractivity contribution in [2.75, 3.05) is 13.1 Å². The van der Waals surface area contributed by atoms with Crippen molar-refractivity contribution < 1.29 is 9.90 Å². The zero-order valence-electron chi connectivity index (χ0n) is 10.9. The normalized spacial score (nSPS) is 15.2. The van der Waals surface area contributed by atoms with Crippen LogP contribution in [0.25, 0.3) is 0 Å². The van der Waals surface area contributed by atoms with E-state index in [1.807, 2.05) is 17.9 Å². The van der Waals surface area contributed by atoms with Crippen LogP contribution >= 0.6 is 0 Å². The molecule has 0 spiro atoms. The first-order valence-electron chi connectivity index (χ1n) is 6.74. The third-order valence-corrected chi connectivity index (χ3v) is 3.70. The number of rotatable bonds is 5. The molecule has 3 nitrogen and oxygen atoms in total. The molecule has 1 amide bonds. The molecule has 2 rings (SSSR count). The molecule has 1 aliphatic carbocycles. The molecule has 18 heavy (non-hydrogen) atoms. The van der Waals surface area contributed by atoms with Gasteiger partial charge in [0.25, 0.3) is 0 Å². The van der Waals surface area contributed by atoms with E-state index < -0.39 is 0 Å². The molecule has 0 aliphatic heterocycles. The fourth-order valence-corrected chi connectivity index (χ4v) is 2.35. The van der Waals surface area contributed by atoms with E-state index in [4.69, 9.17) is 0 Å². The van der Waals surface area contributed by atoms with Gasteiger partial charge < -0.3 is 10.0 Å². The van der Waals surface area contributed by atoms with Gasteiger partial charge in [-0.15, -0.1) is 0 Å². The largest absolute Gasteiger partial charge is 0.508 e. The number of carbonyl (C=O) groups is 1. The summed E-state index contributed by atoms with van der Waals surface area (Å²) in [6, 6.07) is 6.95. The van der Waals surface area contributed by atoms with Crippen LogP contribution in [0, 0.1) is 5.92 Å². The van der Waals surface area contributed by atoms with Crippen LogP contribution in [0.5, 0.6) is 5.75 Å². The predicted molar refractivity (Wildman–Crippen MR) is 71.4 cm³/mol. The molecule has 1 aromatic carbocycles. The number of aromatic hydroxyl groups is 1. The average molecular weight is 247 g/mol. The average Bonchev–Trinajstić information content (AvgIpc) is 2.27. The van der Waals surface area contributed by atoms with Gasteiger partial charge in [-0.1, -0.05) is 18.6 Å². The van der Waals surface area contributed by atoms with Crippen LogP contribution in [0.15, 0.2) is 24.3 Å². The van der Waals surface area contributed by atoms with Gasteiger partial charge in [0.1, 0.15) is 5.75 Å². The lowest BCUT2D eigenvalue weighted by atomic mass is 9.85. The molecular formula is C15H21NO2. The van der Waals surface area contributed by atoms with Gasteiger partial charge in [-0.3, -0.25) is 4.79 Å². The molecule has 1 aliphatic rings. The summed E-state index contributed by atoms with van der Waals surface area (Å²) >= 11 is 0. The third-order valence-electron chi connectivity index (χ3n) is 3.70. The fraction of sp³-hybridized carbons (Fsp3) is 0.533. The van der Waals surface area contributed by atoms with Crippen LogP contribution < -0.4 is 0 Å². The van der Waals surface area contributed by atoms with Crippen molar-refractivity contribution >= 4 is 5.91 Å². The molecule has 1 fully saturated rings. The number of phenols is 1. The number of hydrogen-bond acceptors (Lipinski definition) is 2. The molecule has 0 atom stereocenters. The van der Waals surface area contributed by atoms with Crippen molar-refractivity contribution in [3.8, 4) is 5.75 Å². The molecule has 0 aromatic heterocycles. The van der Waals surface area contributed by atoms with Crippen LogP contribution in [0.3, 0.4) is 0 Å². The van der Waals surface area contributed by atoms with Crippen molar-refractivity contribution in [1.29, 1.82) is 0 Å². The highest BCUT2D eigenvalue weighted by molar-refractivity contribution is 5.78. The number of phenolic OH excluding ortho intramolecular Hbond substituents is 1. The van der Waals surface area contributed by atoms with Crippen molar-refractivity contribution in [2.24, 2.45) is 5.92 Å². The summed E-state index contributed by atoms with van der Waals surface area (Å²) in [5, 5.41) is 9.39. The minimum atomic E-state index is 0.162. The fourth-order valence-electron chi connectivity index (χ4n) is 2.35. The summed E-state index contributed by atoms with van der Waals surface area (Å²) in [5.41, 5.74) is 0.882. The predicted octanol–water partition coefficient (Wildman–Crippen LogP) is 2.58. The summed E-state index contributed by atoms with van der Waals surface area (Å²) in [6.07, 6.45) is 4.21. The smallest absolute Gasteiger partial charge is 0.226 e. The number of carbonyl (C=O) groups excluding carboxylic acids is 1. The van der Waals surface area contributed by atoms with Gasteiger partial charge in [0.2, 0.25) is 5.91 Å². The summed E-state index contributed by atoms with van der Waals surface area (Å²) < 4.78 is 0. The Morgan fingerprint density at radius 1 is 1.44 bits per heavy atom. The Labute approximate surface area is 108 Å². The van der Waals surface area contributed by atoms with E-state index >= 15 is 0 Å². The van der Waals surface area contributed by atoms with Crippen molar-refractivity contribution in [1.82, 2.24) is 4.90 Å². The molecule has 1 saturated carbocycles. The SMILES string of the molecule is CCN(CC1CCC1)C(=O)Cc1cccc(O)c1. The maximum Gasteiger partial charge on any atom is 0.226 e. The number of hydrogen-bond donors (Lipinski definition) is 1. The van der Waals surface area contributed by atoms with Crippen LogP contribution in [0.4, 0.5) is 0 Å². The van der Waals surface area contributed by atoms with E-state index in [2.05, 4.69) is 0 Å². The van der Waals surface area contributed by atoms with Gasteiger partial charge in [0, 0.05) is 13.1 Å². The van der Waals surface area contributed by atoms with Gasteiger partial charge in [-0.25, -0.2) is 0 Å². The highest BCUT2D eigenvalue weighted by Gasteiger charge is 2.22. The number of benzene rings is 1. The molecule has 0 unspecified atom stereocenters. The van der Waals surface area contributed by atoms with Crippen molar-refractivity contribution in [2.45, 2.75) is 32.6 Å². The molecule has 1 aromatic rings. The van der Waals surface area contributed by atoms with E-state index in [1.165, 1.54) is 19.3 Å². The molecule has 0 saturated heterocycles. The molecule has 1 N–H and O–H groups in total. The van der Waals surface area contributed by atoms with Gasteiger partial charge in [0.15, 0.2) is 0 Å². The Balaban J connectivity index is 1.92. The lowest BCUT2D eigenvalue weighted by Crippen LogP contribution is -2.38. The zero-order valence-corrected chi connectivity index (χ0v) is 10.9. The van der Waals surface area contributed by atoms with Gasteiger partial charge in [-0.05, 0) is 43.4 Å².